The minimum absolute atomic E-state index is 0.162. The van der Waals surface area contributed by atoms with Crippen LogP contribution in [0.15, 0.2) is 28.0 Å². The Morgan fingerprint density at radius 1 is 1.44 bits per heavy atom. The van der Waals surface area contributed by atoms with Gasteiger partial charge in [-0.15, -0.1) is 32.9 Å². The number of aryl methyl sites for hydroxylation is 1. The summed E-state index contributed by atoms with van der Waals surface area (Å²) in [6.45, 7) is 1.85. The first-order valence-corrected chi connectivity index (χ1v) is 10.2. The lowest BCUT2D eigenvalue weighted by Crippen LogP contribution is -2.13. The number of thioether (sulfide) groups is 1. The smallest absolute Gasteiger partial charge is 0.191 e. The van der Waals surface area contributed by atoms with Crippen molar-refractivity contribution < 1.29 is 4.79 Å². The summed E-state index contributed by atoms with van der Waals surface area (Å²) in [7, 11) is 1.89. The van der Waals surface area contributed by atoms with Crippen LogP contribution in [0.2, 0.25) is 0 Å². The number of nitrogens with zero attached hydrogens (tertiary/aromatic N) is 5. The van der Waals surface area contributed by atoms with Crippen molar-refractivity contribution in [2.45, 2.75) is 24.4 Å². The Morgan fingerprint density at radius 3 is 2.92 bits per heavy atom. The van der Waals surface area contributed by atoms with Crippen LogP contribution in [-0.4, -0.2) is 31.3 Å². The molecule has 0 saturated carbocycles. The summed E-state index contributed by atoms with van der Waals surface area (Å²) >= 11 is 4.33. The molecule has 3 aromatic heterocycles. The zero-order valence-corrected chi connectivity index (χ0v) is 16.1. The minimum atomic E-state index is -0.815. The second kappa shape index (κ2) is 7.91. The molecule has 0 bridgehead atoms. The van der Waals surface area contributed by atoms with Crippen molar-refractivity contribution in [1.82, 2.24) is 19.7 Å². The van der Waals surface area contributed by atoms with Gasteiger partial charge in [0, 0.05) is 29.4 Å². The van der Waals surface area contributed by atoms with E-state index in [1.165, 1.54) is 28.0 Å². The second-order valence-corrected chi connectivity index (χ2v) is 8.22. The van der Waals surface area contributed by atoms with Crippen LogP contribution in [0.1, 0.15) is 27.3 Å². The number of carbonyl (C=O) groups excluding carboxylic acids is 1. The van der Waals surface area contributed by atoms with Crippen molar-refractivity contribution in [3.63, 3.8) is 0 Å². The average Bonchev–Trinajstić information content (AvgIpc) is 3.32. The Kier molecular flexibility index (Phi) is 5.63. The fourth-order valence-corrected chi connectivity index (χ4v) is 4.58. The zero-order valence-electron chi connectivity index (χ0n) is 13.7. The van der Waals surface area contributed by atoms with Crippen molar-refractivity contribution in [3.8, 4) is 6.07 Å². The summed E-state index contributed by atoms with van der Waals surface area (Å²) in [6, 6.07) is 6.13. The molecule has 0 saturated heterocycles. The minimum Gasteiger partial charge on any atom is -0.309 e. The molecule has 3 aromatic rings. The van der Waals surface area contributed by atoms with Crippen molar-refractivity contribution in [1.29, 1.82) is 5.26 Å². The Bertz CT molecular complexity index is 907. The fourth-order valence-electron chi connectivity index (χ4n) is 2.18. The lowest BCUT2D eigenvalue weighted by atomic mass is 10.1. The third-order valence-corrected chi connectivity index (χ3v) is 6.46. The van der Waals surface area contributed by atoms with E-state index in [1.54, 1.807) is 11.3 Å². The number of ketones is 1. The van der Waals surface area contributed by atoms with E-state index in [0.29, 0.717) is 10.2 Å². The van der Waals surface area contributed by atoms with Gasteiger partial charge in [-0.25, -0.2) is 4.98 Å². The summed E-state index contributed by atoms with van der Waals surface area (Å²) in [4.78, 5) is 17.9. The van der Waals surface area contributed by atoms with E-state index >= 15 is 0 Å². The molecule has 0 unspecified atom stereocenters. The van der Waals surface area contributed by atoms with Crippen molar-refractivity contribution in [2.75, 3.05) is 5.75 Å². The highest BCUT2D eigenvalue weighted by Gasteiger charge is 2.24. The van der Waals surface area contributed by atoms with E-state index in [1.807, 2.05) is 35.4 Å². The van der Waals surface area contributed by atoms with Crippen LogP contribution < -0.4 is 0 Å². The van der Waals surface area contributed by atoms with Crippen molar-refractivity contribution >= 4 is 40.2 Å². The highest BCUT2D eigenvalue weighted by Crippen LogP contribution is 2.25. The van der Waals surface area contributed by atoms with Crippen LogP contribution in [-0.2, 0) is 18.3 Å². The molecular weight excluding hydrogens is 374 g/mol. The van der Waals surface area contributed by atoms with Gasteiger partial charge in [0.2, 0.25) is 0 Å². The first-order chi connectivity index (χ1) is 12.1. The third kappa shape index (κ3) is 4.15. The summed E-state index contributed by atoms with van der Waals surface area (Å²) in [5, 5.41) is 22.8. The number of Topliss-reactive ketones (excluding diaryl/α,β-unsaturated/α-hetero) is 1. The number of thiazole rings is 1. The number of nitriles is 1. The second-order valence-electron chi connectivity index (χ2n) is 5.36. The molecule has 0 radical (unpaired) electrons. The van der Waals surface area contributed by atoms with Gasteiger partial charge < -0.3 is 4.57 Å². The molecule has 3 rings (SSSR count). The Labute approximate surface area is 157 Å². The molecule has 0 aliphatic rings. The van der Waals surface area contributed by atoms with Gasteiger partial charge in [0.25, 0.3) is 0 Å². The van der Waals surface area contributed by atoms with Crippen LogP contribution in [0.4, 0.5) is 0 Å². The summed E-state index contributed by atoms with van der Waals surface area (Å²) in [5.74, 6) is 0.0430. The number of carbonyl (C=O) groups is 1. The number of hydrogen-bond acceptors (Lipinski definition) is 8. The number of thiophene rings is 1. The van der Waals surface area contributed by atoms with Crippen LogP contribution in [0.25, 0.3) is 0 Å². The number of aromatic nitrogens is 4. The van der Waals surface area contributed by atoms with Gasteiger partial charge >= 0.3 is 0 Å². The maximum absolute atomic E-state index is 12.4. The highest BCUT2D eigenvalue weighted by atomic mass is 32.2. The predicted molar refractivity (Wildman–Crippen MR) is 99.1 cm³/mol. The average molecular weight is 390 g/mol. The molecule has 1 atom stereocenters. The van der Waals surface area contributed by atoms with Gasteiger partial charge in [-0.1, -0.05) is 17.8 Å². The van der Waals surface area contributed by atoms with Gasteiger partial charge in [0.1, 0.15) is 10.8 Å². The molecule has 0 fully saturated rings. The molecular formula is C16H15N5OS3. The molecule has 9 heteroatoms. The van der Waals surface area contributed by atoms with E-state index in [2.05, 4.69) is 27.3 Å². The van der Waals surface area contributed by atoms with E-state index in [4.69, 9.17) is 0 Å². The Balaban J connectivity index is 1.64. The van der Waals surface area contributed by atoms with Crippen LogP contribution in [0.3, 0.4) is 0 Å². The zero-order chi connectivity index (χ0) is 17.8. The predicted octanol–water partition coefficient (Wildman–Crippen LogP) is 3.20. The standard InChI is InChI=1S/C16H15N5OS3/c1-10-8-24-15(18-10)12(7-17)13(22)9-25-16-20-19-14(21(16)2)6-11-4-3-5-23-11/h3-5,8,12H,6,9H2,1-2H3/t12-/m1/s1. The fraction of sp³-hybridized carbons (Fsp3) is 0.312. The van der Waals surface area contributed by atoms with Crippen LogP contribution in [0, 0.1) is 18.3 Å². The summed E-state index contributed by atoms with van der Waals surface area (Å²) in [6.07, 6.45) is 0.717. The van der Waals surface area contributed by atoms with Gasteiger partial charge in [0.05, 0.1) is 11.8 Å². The summed E-state index contributed by atoms with van der Waals surface area (Å²) in [5.41, 5.74) is 0.826. The molecule has 0 N–H and O–H groups in total. The maximum atomic E-state index is 12.4. The largest absolute Gasteiger partial charge is 0.309 e. The highest BCUT2D eigenvalue weighted by molar-refractivity contribution is 7.99. The molecule has 0 aliphatic carbocycles. The molecule has 128 valence electrons. The van der Waals surface area contributed by atoms with Gasteiger partial charge in [-0.05, 0) is 18.4 Å². The first kappa shape index (κ1) is 17.8. The van der Waals surface area contributed by atoms with Crippen molar-refractivity contribution in [2.24, 2.45) is 7.05 Å². The van der Waals surface area contributed by atoms with E-state index < -0.39 is 5.92 Å². The maximum Gasteiger partial charge on any atom is 0.191 e. The SMILES string of the molecule is Cc1csc([C@H](C#N)C(=O)CSc2nnc(Cc3cccs3)n2C)n1. The first-order valence-electron chi connectivity index (χ1n) is 7.46. The van der Waals surface area contributed by atoms with Gasteiger partial charge in [-0.3, -0.25) is 4.79 Å². The molecule has 6 nitrogen and oxygen atoms in total. The topological polar surface area (TPSA) is 84.5 Å². The molecule has 0 spiro atoms. The van der Waals surface area contributed by atoms with E-state index in [9.17, 15) is 10.1 Å². The quantitative estimate of drug-likeness (QED) is 0.577. The van der Waals surface area contributed by atoms with Crippen LogP contribution >= 0.6 is 34.4 Å². The monoisotopic (exact) mass is 389 g/mol. The normalized spacial score (nSPS) is 12.0. The summed E-state index contributed by atoms with van der Waals surface area (Å²) < 4.78 is 1.90. The molecule has 0 amide bonds. The third-order valence-electron chi connectivity index (χ3n) is 3.52. The van der Waals surface area contributed by atoms with Crippen LogP contribution in [0.5, 0.6) is 0 Å². The number of hydrogen-bond donors (Lipinski definition) is 0. The Morgan fingerprint density at radius 2 is 2.28 bits per heavy atom. The van der Waals surface area contributed by atoms with Gasteiger partial charge in [0.15, 0.2) is 16.9 Å². The molecule has 3 heterocycles. The molecule has 25 heavy (non-hydrogen) atoms. The lowest BCUT2D eigenvalue weighted by Gasteiger charge is -2.05. The molecule has 0 aliphatic heterocycles. The van der Waals surface area contributed by atoms with E-state index in [-0.39, 0.29) is 11.5 Å². The molecule has 0 aromatic carbocycles. The van der Waals surface area contributed by atoms with Gasteiger partial charge in [-0.2, -0.15) is 5.26 Å². The van der Waals surface area contributed by atoms with Crippen molar-refractivity contribution in [3.05, 3.63) is 44.3 Å². The lowest BCUT2D eigenvalue weighted by molar-refractivity contribution is -0.116. The van der Waals surface area contributed by atoms with E-state index in [0.717, 1.165) is 17.9 Å². The Hall–Kier alpha value is -2.02. The number of rotatable bonds is 7.